The summed E-state index contributed by atoms with van der Waals surface area (Å²) in [5.74, 6) is 0.669. The second-order valence-corrected chi connectivity index (χ2v) is 6.04. The number of ether oxygens (including phenoxy) is 1. The summed E-state index contributed by atoms with van der Waals surface area (Å²) in [5, 5.41) is 0. The van der Waals surface area contributed by atoms with Gasteiger partial charge in [-0.15, -0.1) is 0 Å². The number of hydrogen-bond acceptors (Lipinski definition) is 2. The Morgan fingerprint density at radius 2 is 2.06 bits per heavy atom. The lowest BCUT2D eigenvalue weighted by atomic mass is 9.97. The minimum atomic E-state index is -0.384. The zero-order chi connectivity index (χ0) is 12.9. The van der Waals surface area contributed by atoms with Crippen LogP contribution >= 0.6 is 0 Å². The smallest absolute Gasteiger partial charge is 0.331 e. The van der Waals surface area contributed by atoms with Crippen LogP contribution in [0, 0.1) is 5.92 Å². The van der Waals surface area contributed by atoms with E-state index in [1.165, 1.54) is 31.3 Å². The quantitative estimate of drug-likeness (QED) is 0.408. The third kappa shape index (κ3) is 5.90. The van der Waals surface area contributed by atoms with Crippen molar-refractivity contribution in [3.63, 3.8) is 0 Å². The van der Waals surface area contributed by atoms with Gasteiger partial charge >= 0.3 is 5.97 Å². The highest BCUT2D eigenvalue weighted by Gasteiger charge is 2.17. The Bertz CT molecular complexity index is 284. The van der Waals surface area contributed by atoms with Crippen molar-refractivity contribution in [3.8, 4) is 0 Å². The average Bonchev–Trinajstić information content (AvgIpc) is 2.40. The SMILES string of the molecule is CCC1CCC/C(=C/C(=O)OC(C)(C)C)CC1. The first-order valence-corrected chi connectivity index (χ1v) is 6.83. The van der Waals surface area contributed by atoms with Gasteiger partial charge in [0.15, 0.2) is 0 Å². The highest BCUT2D eigenvalue weighted by Crippen LogP contribution is 2.28. The molecule has 1 aliphatic carbocycles. The first-order valence-electron chi connectivity index (χ1n) is 6.83. The van der Waals surface area contributed by atoms with E-state index in [-0.39, 0.29) is 11.6 Å². The summed E-state index contributed by atoms with van der Waals surface area (Å²) >= 11 is 0. The average molecular weight is 238 g/mol. The van der Waals surface area contributed by atoms with Gasteiger partial charge in [-0.05, 0) is 52.4 Å². The number of carbonyl (C=O) groups is 1. The lowest BCUT2D eigenvalue weighted by Gasteiger charge is -2.18. The monoisotopic (exact) mass is 238 g/mol. The van der Waals surface area contributed by atoms with E-state index in [1.54, 1.807) is 6.08 Å². The van der Waals surface area contributed by atoms with E-state index in [1.807, 2.05) is 20.8 Å². The van der Waals surface area contributed by atoms with Gasteiger partial charge < -0.3 is 4.74 Å². The Morgan fingerprint density at radius 3 is 2.65 bits per heavy atom. The summed E-state index contributed by atoms with van der Waals surface area (Å²) in [4.78, 5) is 11.7. The van der Waals surface area contributed by atoms with Crippen LogP contribution in [0.3, 0.4) is 0 Å². The van der Waals surface area contributed by atoms with Gasteiger partial charge in [0.1, 0.15) is 5.60 Å². The predicted octanol–water partition coefficient (Wildman–Crippen LogP) is 4.24. The molecule has 0 radical (unpaired) electrons. The van der Waals surface area contributed by atoms with Crippen LogP contribution in [0.2, 0.25) is 0 Å². The predicted molar refractivity (Wildman–Crippen MR) is 70.8 cm³/mol. The molecule has 0 N–H and O–H groups in total. The summed E-state index contributed by atoms with van der Waals surface area (Å²) in [6, 6.07) is 0. The van der Waals surface area contributed by atoms with E-state index < -0.39 is 0 Å². The van der Waals surface area contributed by atoms with Crippen LogP contribution in [-0.2, 0) is 9.53 Å². The van der Waals surface area contributed by atoms with E-state index in [4.69, 9.17) is 4.74 Å². The van der Waals surface area contributed by atoms with Crippen LogP contribution in [0.15, 0.2) is 11.6 Å². The van der Waals surface area contributed by atoms with Crippen molar-refractivity contribution in [2.75, 3.05) is 0 Å². The molecular formula is C15H26O2. The number of carbonyl (C=O) groups excluding carboxylic acids is 1. The van der Waals surface area contributed by atoms with Gasteiger partial charge in [0.2, 0.25) is 0 Å². The molecule has 1 unspecified atom stereocenters. The molecule has 0 spiro atoms. The maximum absolute atomic E-state index is 11.7. The third-order valence-corrected chi connectivity index (χ3v) is 3.29. The van der Waals surface area contributed by atoms with Crippen LogP contribution in [0.4, 0.5) is 0 Å². The van der Waals surface area contributed by atoms with Gasteiger partial charge in [-0.2, -0.15) is 0 Å². The van der Waals surface area contributed by atoms with Crippen LogP contribution in [-0.4, -0.2) is 11.6 Å². The molecule has 1 rings (SSSR count). The molecule has 1 saturated carbocycles. The number of esters is 1. The van der Waals surface area contributed by atoms with Gasteiger partial charge in [0, 0.05) is 6.08 Å². The first-order chi connectivity index (χ1) is 7.90. The van der Waals surface area contributed by atoms with Crippen LogP contribution < -0.4 is 0 Å². The largest absolute Gasteiger partial charge is 0.457 e. The van der Waals surface area contributed by atoms with Gasteiger partial charge in [-0.25, -0.2) is 4.79 Å². The van der Waals surface area contributed by atoms with Crippen molar-refractivity contribution in [1.29, 1.82) is 0 Å². The Kier molecular flexibility index (Phi) is 5.23. The molecule has 0 aromatic carbocycles. The van der Waals surface area contributed by atoms with E-state index in [9.17, 15) is 4.79 Å². The molecule has 1 aliphatic rings. The second-order valence-electron chi connectivity index (χ2n) is 6.04. The fourth-order valence-corrected chi connectivity index (χ4v) is 2.33. The molecular weight excluding hydrogens is 212 g/mol. The van der Waals surface area contributed by atoms with Crippen molar-refractivity contribution in [2.45, 2.75) is 71.8 Å². The molecule has 1 fully saturated rings. The standard InChI is InChI=1S/C15H26O2/c1-5-12-7-6-8-13(10-9-12)11-14(16)17-15(2,3)4/h11-12H,5-10H2,1-4H3/b13-11-. The van der Waals surface area contributed by atoms with E-state index in [0.717, 1.165) is 18.8 Å². The molecule has 0 amide bonds. The summed E-state index contributed by atoms with van der Waals surface area (Å²) in [6.07, 6.45) is 8.87. The van der Waals surface area contributed by atoms with Crippen LogP contribution in [0.5, 0.6) is 0 Å². The summed E-state index contributed by atoms with van der Waals surface area (Å²) < 4.78 is 5.32. The van der Waals surface area contributed by atoms with Gasteiger partial charge in [-0.3, -0.25) is 0 Å². The molecule has 0 saturated heterocycles. The van der Waals surface area contributed by atoms with E-state index in [2.05, 4.69) is 6.92 Å². The van der Waals surface area contributed by atoms with E-state index >= 15 is 0 Å². The number of rotatable bonds is 2. The van der Waals surface area contributed by atoms with E-state index in [0.29, 0.717) is 0 Å². The van der Waals surface area contributed by atoms with Gasteiger partial charge in [0.05, 0.1) is 0 Å². The molecule has 2 nitrogen and oxygen atoms in total. The summed E-state index contributed by atoms with van der Waals surface area (Å²) in [7, 11) is 0. The molecule has 0 aromatic heterocycles. The fraction of sp³-hybridized carbons (Fsp3) is 0.800. The lowest BCUT2D eigenvalue weighted by molar-refractivity contribution is -0.148. The Labute approximate surface area is 105 Å². The van der Waals surface area contributed by atoms with Crippen LogP contribution in [0.1, 0.15) is 66.2 Å². The minimum Gasteiger partial charge on any atom is -0.457 e. The van der Waals surface area contributed by atoms with Crippen molar-refractivity contribution >= 4 is 5.97 Å². The molecule has 2 heteroatoms. The molecule has 0 aliphatic heterocycles. The van der Waals surface area contributed by atoms with Crippen molar-refractivity contribution in [3.05, 3.63) is 11.6 Å². The normalized spacial score (nSPS) is 24.5. The Balaban J connectivity index is 2.51. The second kappa shape index (κ2) is 6.23. The fourth-order valence-electron chi connectivity index (χ4n) is 2.33. The number of allylic oxidation sites excluding steroid dienone is 1. The zero-order valence-electron chi connectivity index (χ0n) is 11.7. The maximum Gasteiger partial charge on any atom is 0.331 e. The molecule has 0 aromatic rings. The third-order valence-electron chi connectivity index (χ3n) is 3.29. The molecule has 98 valence electrons. The van der Waals surface area contributed by atoms with Crippen molar-refractivity contribution < 1.29 is 9.53 Å². The summed E-state index contributed by atoms with van der Waals surface area (Å²) in [6.45, 7) is 7.98. The zero-order valence-corrected chi connectivity index (χ0v) is 11.7. The van der Waals surface area contributed by atoms with Crippen LogP contribution in [0.25, 0.3) is 0 Å². The van der Waals surface area contributed by atoms with Gasteiger partial charge in [-0.1, -0.05) is 25.3 Å². The summed E-state index contributed by atoms with van der Waals surface area (Å²) in [5.41, 5.74) is 0.889. The molecule has 0 bridgehead atoms. The minimum absolute atomic E-state index is 0.178. The van der Waals surface area contributed by atoms with Gasteiger partial charge in [0.25, 0.3) is 0 Å². The molecule has 0 heterocycles. The Hall–Kier alpha value is -0.790. The topological polar surface area (TPSA) is 26.3 Å². The Morgan fingerprint density at radius 1 is 1.35 bits per heavy atom. The molecule has 17 heavy (non-hydrogen) atoms. The highest BCUT2D eigenvalue weighted by molar-refractivity contribution is 5.83. The first kappa shape index (κ1) is 14.3. The number of hydrogen-bond donors (Lipinski definition) is 0. The maximum atomic E-state index is 11.7. The highest BCUT2D eigenvalue weighted by atomic mass is 16.6. The lowest BCUT2D eigenvalue weighted by Crippen LogP contribution is -2.22. The van der Waals surface area contributed by atoms with Crippen molar-refractivity contribution in [2.24, 2.45) is 5.92 Å². The molecule has 1 atom stereocenters. The van der Waals surface area contributed by atoms with Crippen molar-refractivity contribution in [1.82, 2.24) is 0 Å².